The van der Waals surface area contributed by atoms with Gasteiger partial charge in [-0.2, -0.15) is 0 Å². The van der Waals surface area contributed by atoms with Crippen molar-refractivity contribution in [2.24, 2.45) is 0 Å². The highest BCUT2D eigenvalue weighted by Crippen LogP contribution is 2.59. The van der Waals surface area contributed by atoms with Crippen molar-refractivity contribution < 1.29 is 19.2 Å². The summed E-state index contributed by atoms with van der Waals surface area (Å²) in [5.41, 5.74) is -1.56. The highest BCUT2D eigenvalue weighted by molar-refractivity contribution is 6.13. The Labute approximate surface area is 167 Å². The Bertz CT molecular complexity index is 1050. The number of allylic oxidation sites excluding steroid dienone is 1. The second-order valence-corrected chi connectivity index (χ2v) is 7.34. The first-order valence-corrected chi connectivity index (χ1v) is 9.31. The molecule has 2 aliphatic rings. The number of likely N-dealkylation sites (N-methyl/N-ethyl adjacent to an activating group) is 1. The maximum atomic E-state index is 13.7. The zero-order valence-electron chi connectivity index (χ0n) is 16.0. The zero-order valence-corrected chi connectivity index (χ0v) is 16.0. The number of hydrogen-bond donors (Lipinski definition) is 0. The van der Waals surface area contributed by atoms with E-state index in [0.717, 1.165) is 0 Å². The number of carbonyl (C=O) groups is 2. The number of hydrogen-bond acceptors (Lipinski definition) is 5. The highest BCUT2D eigenvalue weighted by Gasteiger charge is 2.69. The number of para-hydroxylation sites is 2. The second kappa shape index (κ2) is 6.55. The third kappa shape index (κ3) is 2.24. The topological polar surface area (TPSA) is 89.7 Å². The minimum absolute atomic E-state index is 0.0323. The van der Waals surface area contributed by atoms with Crippen LogP contribution < -0.4 is 4.90 Å². The number of rotatable bonds is 4. The van der Waals surface area contributed by atoms with Crippen molar-refractivity contribution >= 4 is 23.3 Å². The number of cyclic esters (lactones) is 1. The van der Waals surface area contributed by atoms with Crippen LogP contribution in [0.25, 0.3) is 0 Å². The van der Waals surface area contributed by atoms with Gasteiger partial charge in [0.2, 0.25) is 5.91 Å². The van der Waals surface area contributed by atoms with E-state index in [9.17, 15) is 19.7 Å². The van der Waals surface area contributed by atoms with Gasteiger partial charge in [-0.25, -0.2) is 0 Å². The predicted octanol–water partition coefficient (Wildman–Crippen LogP) is 3.27. The van der Waals surface area contributed by atoms with Gasteiger partial charge < -0.3 is 9.64 Å². The average molecular weight is 392 g/mol. The van der Waals surface area contributed by atoms with E-state index in [1.807, 2.05) is 24.3 Å². The molecule has 0 unspecified atom stereocenters. The van der Waals surface area contributed by atoms with Crippen LogP contribution in [0.1, 0.15) is 24.0 Å². The van der Waals surface area contributed by atoms with Crippen LogP contribution in [-0.2, 0) is 25.2 Å². The van der Waals surface area contributed by atoms with Crippen molar-refractivity contribution in [1.82, 2.24) is 0 Å². The molecular formula is C22H20N2O5. The van der Waals surface area contributed by atoms with Crippen LogP contribution in [0.15, 0.2) is 61.2 Å². The smallest absolute Gasteiger partial charge is 0.318 e. The number of fused-ring (bicyclic) bond motifs is 2. The molecule has 7 nitrogen and oxygen atoms in total. The molecule has 1 spiro atoms. The number of benzene rings is 2. The summed E-state index contributed by atoms with van der Waals surface area (Å²) >= 11 is 0. The Kier molecular flexibility index (Phi) is 4.26. The summed E-state index contributed by atoms with van der Waals surface area (Å²) in [7, 11) is 1.66. The van der Waals surface area contributed by atoms with E-state index in [0.29, 0.717) is 11.3 Å². The summed E-state index contributed by atoms with van der Waals surface area (Å²) in [6.45, 7) is 3.85. The molecule has 4 rings (SSSR count). The Morgan fingerprint density at radius 2 is 1.83 bits per heavy atom. The predicted molar refractivity (Wildman–Crippen MR) is 107 cm³/mol. The SMILES string of the molecule is C=CC[C@]1(c2ccccc2[N+](=O)[O-])C(=O)OCC[C@]12C(=O)N(C)c1ccccc12. The molecule has 0 saturated carbocycles. The largest absolute Gasteiger partial charge is 0.465 e. The van der Waals surface area contributed by atoms with Crippen molar-refractivity contribution in [3.8, 4) is 0 Å². The number of nitro groups is 1. The summed E-state index contributed by atoms with van der Waals surface area (Å²) in [4.78, 5) is 40.0. The number of nitro benzene ring substituents is 1. The molecule has 2 aliphatic heterocycles. The minimum Gasteiger partial charge on any atom is -0.465 e. The van der Waals surface area contributed by atoms with Crippen molar-refractivity contribution in [3.05, 3.63) is 82.4 Å². The van der Waals surface area contributed by atoms with Gasteiger partial charge in [0.05, 0.1) is 11.5 Å². The molecule has 1 saturated heterocycles. The zero-order chi connectivity index (χ0) is 20.8. The maximum Gasteiger partial charge on any atom is 0.318 e. The molecule has 148 valence electrons. The Balaban J connectivity index is 2.14. The fourth-order valence-electron chi connectivity index (χ4n) is 5.02. The third-order valence-electron chi connectivity index (χ3n) is 6.19. The van der Waals surface area contributed by atoms with Crippen LogP contribution in [0.2, 0.25) is 0 Å². The molecule has 1 fully saturated rings. The molecule has 29 heavy (non-hydrogen) atoms. The van der Waals surface area contributed by atoms with Gasteiger partial charge in [0, 0.05) is 30.8 Å². The molecule has 7 heteroatoms. The monoisotopic (exact) mass is 392 g/mol. The fraction of sp³-hybridized carbons (Fsp3) is 0.273. The molecule has 2 aromatic rings. The molecular weight excluding hydrogens is 372 g/mol. The first kappa shape index (κ1) is 18.9. The number of carbonyl (C=O) groups excluding carboxylic acids is 2. The van der Waals surface area contributed by atoms with E-state index in [1.165, 1.54) is 17.0 Å². The standard InChI is InChI=1S/C22H20N2O5/c1-3-12-22(16-9-5-7-11-18(16)24(27)28)20(26)29-14-13-21(22)15-8-4-6-10-17(15)23(2)19(21)25/h3-11H,1,12-14H2,2H3/t21-,22-/m0/s1. The minimum atomic E-state index is -1.59. The molecule has 1 amide bonds. The van der Waals surface area contributed by atoms with Gasteiger partial charge in [0.15, 0.2) is 0 Å². The number of amides is 1. The van der Waals surface area contributed by atoms with Gasteiger partial charge in [-0.3, -0.25) is 19.7 Å². The lowest BCUT2D eigenvalue weighted by Gasteiger charge is -2.48. The van der Waals surface area contributed by atoms with E-state index < -0.39 is 21.7 Å². The molecule has 0 aromatic heterocycles. The van der Waals surface area contributed by atoms with Crippen LogP contribution in [0, 0.1) is 10.1 Å². The number of esters is 1. The molecule has 2 atom stereocenters. The van der Waals surface area contributed by atoms with Crippen LogP contribution in [0.4, 0.5) is 11.4 Å². The lowest BCUT2D eigenvalue weighted by atomic mass is 9.53. The Hall–Kier alpha value is -3.48. The lowest BCUT2D eigenvalue weighted by Crippen LogP contribution is -2.62. The lowest BCUT2D eigenvalue weighted by molar-refractivity contribution is -0.386. The molecule has 2 heterocycles. The summed E-state index contributed by atoms with van der Waals surface area (Å²) in [5, 5.41) is 11.8. The summed E-state index contributed by atoms with van der Waals surface area (Å²) in [5.74, 6) is -0.910. The molecule has 0 N–H and O–H groups in total. The number of anilines is 1. The molecule has 0 aliphatic carbocycles. The van der Waals surface area contributed by atoms with Crippen LogP contribution in [0.3, 0.4) is 0 Å². The van der Waals surface area contributed by atoms with E-state index >= 15 is 0 Å². The normalized spacial score (nSPS) is 25.6. The van der Waals surface area contributed by atoms with E-state index in [4.69, 9.17) is 4.74 Å². The summed E-state index contributed by atoms with van der Waals surface area (Å²) in [6, 6.07) is 13.4. The van der Waals surface area contributed by atoms with Crippen molar-refractivity contribution in [1.29, 1.82) is 0 Å². The third-order valence-corrected chi connectivity index (χ3v) is 6.19. The first-order valence-electron chi connectivity index (χ1n) is 9.31. The molecule has 0 bridgehead atoms. The Morgan fingerprint density at radius 1 is 1.17 bits per heavy atom. The van der Waals surface area contributed by atoms with E-state index in [-0.39, 0.29) is 36.6 Å². The van der Waals surface area contributed by atoms with Crippen LogP contribution >= 0.6 is 0 Å². The number of ether oxygens (including phenoxy) is 1. The highest BCUT2D eigenvalue weighted by atomic mass is 16.6. The van der Waals surface area contributed by atoms with E-state index in [2.05, 4.69) is 6.58 Å². The van der Waals surface area contributed by atoms with Gasteiger partial charge in [0.1, 0.15) is 10.8 Å². The van der Waals surface area contributed by atoms with Crippen molar-refractivity contribution in [3.63, 3.8) is 0 Å². The summed E-state index contributed by atoms with van der Waals surface area (Å²) < 4.78 is 5.44. The van der Waals surface area contributed by atoms with Gasteiger partial charge in [-0.15, -0.1) is 6.58 Å². The molecule has 0 radical (unpaired) electrons. The van der Waals surface area contributed by atoms with E-state index in [1.54, 1.807) is 25.2 Å². The van der Waals surface area contributed by atoms with Crippen LogP contribution in [-0.4, -0.2) is 30.5 Å². The average Bonchev–Trinajstić information content (AvgIpc) is 2.94. The van der Waals surface area contributed by atoms with Crippen molar-refractivity contribution in [2.75, 3.05) is 18.6 Å². The summed E-state index contributed by atoms with van der Waals surface area (Å²) in [6.07, 6.45) is 1.79. The quantitative estimate of drug-likeness (QED) is 0.345. The van der Waals surface area contributed by atoms with Gasteiger partial charge in [-0.1, -0.05) is 42.5 Å². The van der Waals surface area contributed by atoms with Gasteiger partial charge >= 0.3 is 5.97 Å². The molecule has 2 aromatic carbocycles. The second-order valence-electron chi connectivity index (χ2n) is 7.34. The fourth-order valence-corrected chi connectivity index (χ4v) is 5.02. The van der Waals surface area contributed by atoms with Crippen molar-refractivity contribution in [2.45, 2.75) is 23.7 Å². The first-order chi connectivity index (χ1) is 13.9. The van der Waals surface area contributed by atoms with Crippen LogP contribution in [0.5, 0.6) is 0 Å². The maximum absolute atomic E-state index is 13.7. The van der Waals surface area contributed by atoms with Gasteiger partial charge in [0.25, 0.3) is 5.69 Å². The number of nitrogens with zero attached hydrogens (tertiary/aromatic N) is 2. The van der Waals surface area contributed by atoms with Gasteiger partial charge in [-0.05, 0) is 18.1 Å². The Morgan fingerprint density at radius 3 is 2.52 bits per heavy atom.